The Morgan fingerprint density at radius 3 is 2.40 bits per heavy atom. The number of amides is 1. The normalized spacial score (nSPS) is 10.2. The van der Waals surface area contributed by atoms with Gasteiger partial charge in [-0.2, -0.15) is 0 Å². The van der Waals surface area contributed by atoms with E-state index in [1.54, 1.807) is 36.7 Å². The zero-order chi connectivity index (χ0) is 13.8. The lowest BCUT2D eigenvalue weighted by molar-refractivity contribution is 0.102. The minimum absolute atomic E-state index is 0.142. The Bertz CT molecular complexity index is 688. The van der Waals surface area contributed by atoms with Gasteiger partial charge in [-0.15, -0.1) is 0 Å². The number of carbonyl (C=O) groups excluding carboxylic acids is 1. The molecule has 3 aromatic rings. The standard InChI is InChI=1S/C16H13N3O/c20-16(18-14-4-3-9-17-12-14)13-5-7-15(8-6-13)19-10-1-2-11-19/h1-12H,(H,18,20). The molecule has 0 saturated carbocycles. The molecule has 0 unspecified atom stereocenters. The number of anilines is 1. The molecule has 4 nitrogen and oxygen atoms in total. The van der Waals surface area contributed by atoms with E-state index in [-0.39, 0.29) is 5.91 Å². The highest BCUT2D eigenvalue weighted by Gasteiger charge is 2.06. The molecule has 98 valence electrons. The number of hydrogen-bond donors (Lipinski definition) is 1. The van der Waals surface area contributed by atoms with Crippen molar-refractivity contribution in [1.82, 2.24) is 9.55 Å². The number of rotatable bonds is 3. The Labute approximate surface area is 116 Å². The summed E-state index contributed by atoms with van der Waals surface area (Å²) < 4.78 is 1.99. The second-order valence-corrected chi connectivity index (χ2v) is 4.33. The Balaban J connectivity index is 1.76. The monoisotopic (exact) mass is 263 g/mol. The Morgan fingerprint density at radius 2 is 1.75 bits per heavy atom. The van der Waals surface area contributed by atoms with Crippen LogP contribution in [0.15, 0.2) is 73.3 Å². The fourth-order valence-electron chi connectivity index (χ4n) is 1.93. The zero-order valence-electron chi connectivity index (χ0n) is 10.7. The molecule has 0 aliphatic heterocycles. The Hall–Kier alpha value is -2.88. The van der Waals surface area contributed by atoms with E-state index in [1.165, 1.54) is 0 Å². The third kappa shape index (κ3) is 2.59. The first kappa shape index (κ1) is 12.2. The van der Waals surface area contributed by atoms with E-state index in [2.05, 4.69) is 10.3 Å². The van der Waals surface area contributed by atoms with Crippen LogP contribution in [0.3, 0.4) is 0 Å². The van der Waals surface area contributed by atoms with Gasteiger partial charge in [-0.25, -0.2) is 0 Å². The molecule has 2 heterocycles. The highest BCUT2D eigenvalue weighted by atomic mass is 16.1. The second-order valence-electron chi connectivity index (χ2n) is 4.33. The molecule has 0 radical (unpaired) electrons. The van der Waals surface area contributed by atoms with E-state index in [0.29, 0.717) is 11.3 Å². The number of aromatic nitrogens is 2. The van der Waals surface area contributed by atoms with Gasteiger partial charge in [-0.05, 0) is 48.5 Å². The fourth-order valence-corrected chi connectivity index (χ4v) is 1.93. The van der Waals surface area contributed by atoms with Crippen molar-refractivity contribution >= 4 is 11.6 Å². The lowest BCUT2D eigenvalue weighted by atomic mass is 10.2. The van der Waals surface area contributed by atoms with Crippen LogP contribution in [0, 0.1) is 0 Å². The fraction of sp³-hybridized carbons (Fsp3) is 0. The largest absolute Gasteiger partial charge is 0.324 e. The molecular weight excluding hydrogens is 250 g/mol. The molecule has 1 aromatic carbocycles. The smallest absolute Gasteiger partial charge is 0.255 e. The molecule has 0 bridgehead atoms. The molecule has 1 N–H and O–H groups in total. The van der Waals surface area contributed by atoms with Crippen LogP contribution in [0.1, 0.15) is 10.4 Å². The average Bonchev–Trinajstić information content (AvgIpc) is 3.03. The van der Waals surface area contributed by atoms with E-state index in [4.69, 9.17) is 0 Å². The topological polar surface area (TPSA) is 46.9 Å². The lowest BCUT2D eigenvalue weighted by Gasteiger charge is -2.06. The maximum Gasteiger partial charge on any atom is 0.255 e. The molecule has 2 aromatic heterocycles. The Kier molecular flexibility index (Phi) is 3.29. The number of nitrogens with zero attached hydrogens (tertiary/aromatic N) is 2. The Morgan fingerprint density at radius 1 is 1.00 bits per heavy atom. The summed E-state index contributed by atoms with van der Waals surface area (Å²) in [5, 5.41) is 2.80. The van der Waals surface area contributed by atoms with Gasteiger partial charge in [0.15, 0.2) is 0 Å². The molecule has 0 fully saturated rings. The molecule has 20 heavy (non-hydrogen) atoms. The van der Waals surface area contributed by atoms with Crippen LogP contribution in [0.25, 0.3) is 5.69 Å². The second kappa shape index (κ2) is 5.40. The van der Waals surface area contributed by atoms with E-state index in [1.807, 2.05) is 41.2 Å². The molecule has 1 amide bonds. The molecule has 0 aliphatic carbocycles. The van der Waals surface area contributed by atoms with Crippen LogP contribution in [0.4, 0.5) is 5.69 Å². The van der Waals surface area contributed by atoms with Crippen LogP contribution in [-0.4, -0.2) is 15.5 Å². The lowest BCUT2D eigenvalue weighted by Crippen LogP contribution is -2.11. The SMILES string of the molecule is O=C(Nc1cccnc1)c1ccc(-n2cccc2)cc1. The third-order valence-electron chi connectivity index (χ3n) is 2.95. The van der Waals surface area contributed by atoms with Gasteiger partial charge in [0.25, 0.3) is 5.91 Å². The van der Waals surface area contributed by atoms with Gasteiger partial charge in [-0.1, -0.05) is 0 Å². The van der Waals surface area contributed by atoms with E-state index >= 15 is 0 Å². The molecule has 4 heteroatoms. The minimum Gasteiger partial charge on any atom is -0.324 e. The summed E-state index contributed by atoms with van der Waals surface area (Å²) in [7, 11) is 0. The van der Waals surface area contributed by atoms with Gasteiger partial charge in [0, 0.05) is 29.8 Å². The number of pyridine rings is 1. The van der Waals surface area contributed by atoms with Crippen LogP contribution in [-0.2, 0) is 0 Å². The summed E-state index contributed by atoms with van der Waals surface area (Å²) in [5.41, 5.74) is 2.32. The van der Waals surface area contributed by atoms with Crippen LogP contribution < -0.4 is 5.32 Å². The van der Waals surface area contributed by atoms with Crippen molar-refractivity contribution in [3.05, 3.63) is 78.9 Å². The maximum absolute atomic E-state index is 12.1. The zero-order valence-corrected chi connectivity index (χ0v) is 10.7. The summed E-state index contributed by atoms with van der Waals surface area (Å²) in [6.45, 7) is 0. The molecule has 3 rings (SSSR count). The van der Waals surface area contributed by atoms with Gasteiger partial charge in [0.05, 0.1) is 11.9 Å². The predicted octanol–water partition coefficient (Wildman–Crippen LogP) is 3.12. The van der Waals surface area contributed by atoms with Gasteiger partial charge in [0.2, 0.25) is 0 Å². The first-order valence-electron chi connectivity index (χ1n) is 6.28. The number of carbonyl (C=O) groups is 1. The highest BCUT2D eigenvalue weighted by Crippen LogP contribution is 2.12. The number of benzene rings is 1. The average molecular weight is 263 g/mol. The first-order valence-corrected chi connectivity index (χ1v) is 6.28. The summed E-state index contributed by atoms with van der Waals surface area (Å²) in [4.78, 5) is 16.0. The van der Waals surface area contributed by atoms with Crippen molar-refractivity contribution in [3.8, 4) is 5.69 Å². The van der Waals surface area contributed by atoms with Gasteiger partial charge in [0.1, 0.15) is 0 Å². The van der Waals surface area contributed by atoms with Crippen molar-refractivity contribution in [2.24, 2.45) is 0 Å². The van der Waals surface area contributed by atoms with Crippen LogP contribution in [0.5, 0.6) is 0 Å². The predicted molar refractivity (Wildman–Crippen MR) is 78.0 cm³/mol. The minimum atomic E-state index is -0.142. The molecule has 0 spiro atoms. The molecular formula is C16H13N3O. The van der Waals surface area contributed by atoms with Gasteiger partial charge < -0.3 is 9.88 Å². The molecule has 0 aliphatic rings. The van der Waals surface area contributed by atoms with Crippen molar-refractivity contribution < 1.29 is 4.79 Å². The van der Waals surface area contributed by atoms with Gasteiger partial charge in [-0.3, -0.25) is 9.78 Å². The van der Waals surface area contributed by atoms with E-state index in [0.717, 1.165) is 5.69 Å². The summed E-state index contributed by atoms with van der Waals surface area (Å²) in [6.07, 6.45) is 7.21. The van der Waals surface area contributed by atoms with E-state index < -0.39 is 0 Å². The summed E-state index contributed by atoms with van der Waals surface area (Å²) >= 11 is 0. The molecule has 0 saturated heterocycles. The summed E-state index contributed by atoms with van der Waals surface area (Å²) in [6, 6.07) is 15.0. The first-order chi connectivity index (χ1) is 9.83. The van der Waals surface area contributed by atoms with E-state index in [9.17, 15) is 4.79 Å². The summed E-state index contributed by atoms with van der Waals surface area (Å²) in [5.74, 6) is -0.142. The van der Waals surface area contributed by atoms with Gasteiger partial charge >= 0.3 is 0 Å². The van der Waals surface area contributed by atoms with Crippen LogP contribution in [0.2, 0.25) is 0 Å². The quantitative estimate of drug-likeness (QED) is 0.789. The molecule has 0 atom stereocenters. The number of hydrogen-bond acceptors (Lipinski definition) is 2. The van der Waals surface area contributed by atoms with Crippen LogP contribution >= 0.6 is 0 Å². The number of nitrogens with one attached hydrogen (secondary N) is 1. The van der Waals surface area contributed by atoms with Crippen molar-refractivity contribution in [3.63, 3.8) is 0 Å². The highest BCUT2D eigenvalue weighted by molar-refractivity contribution is 6.04. The van der Waals surface area contributed by atoms with Crippen molar-refractivity contribution in [2.45, 2.75) is 0 Å². The van der Waals surface area contributed by atoms with Crippen molar-refractivity contribution in [2.75, 3.05) is 5.32 Å². The third-order valence-corrected chi connectivity index (χ3v) is 2.95. The van der Waals surface area contributed by atoms with Crippen molar-refractivity contribution in [1.29, 1.82) is 0 Å². The maximum atomic E-state index is 12.1.